The van der Waals surface area contributed by atoms with Crippen LogP contribution in [0.2, 0.25) is 0 Å². The van der Waals surface area contributed by atoms with Crippen molar-refractivity contribution in [3.05, 3.63) is 23.3 Å². The Hall–Kier alpha value is -1.30. The van der Waals surface area contributed by atoms with E-state index in [1.165, 1.54) is 0 Å². The van der Waals surface area contributed by atoms with Crippen LogP contribution in [0.4, 0.5) is 0 Å². The summed E-state index contributed by atoms with van der Waals surface area (Å²) in [5.74, 6) is 1.24. The van der Waals surface area contributed by atoms with Crippen molar-refractivity contribution in [2.45, 2.75) is 12.7 Å². The first-order valence-corrected chi connectivity index (χ1v) is 5.56. The van der Waals surface area contributed by atoms with Crippen molar-refractivity contribution >= 4 is 0 Å². The molecule has 0 aromatic heterocycles. The molecule has 0 saturated carbocycles. The van der Waals surface area contributed by atoms with E-state index in [2.05, 4.69) is 0 Å². The van der Waals surface area contributed by atoms with Gasteiger partial charge in [-0.25, -0.2) is 0 Å². The number of nitrogens with two attached hydrogens (primary N) is 1. The molecular weight excluding hydrogens is 222 g/mol. The molecule has 1 aliphatic heterocycles. The van der Waals surface area contributed by atoms with Crippen molar-refractivity contribution < 1.29 is 19.3 Å². The van der Waals surface area contributed by atoms with Crippen molar-refractivity contribution in [2.75, 3.05) is 26.9 Å². The number of hydrogen-bond acceptors (Lipinski definition) is 5. The van der Waals surface area contributed by atoms with Gasteiger partial charge in [-0.15, -0.1) is 0 Å². The van der Waals surface area contributed by atoms with Gasteiger partial charge < -0.3 is 25.1 Å². The summed E-state index contributed by atoms with van der Waals surface area (Å²) in [7, 11) is 1.62. The molecule has 1 unspecified atom stereocenters. The molecule has 5 nitrogen and oxygen atoms in total. The van der Waals surface area contributed by atoms with Gasteiger partial charge in [-0.1, -0.05) is 12.1 Å². The molecular formula is C12H17NO4. The minimum Gasteiger partial charge on any atom is -0.486 e. The largest absolute Gasteiger partial charge is 0.486 e. The Kier molecular flexibility index (Phi) is 3.83. The number of aliphatic hydroxyl groups excluding tert-OH is 1. The zero-order valence-electron chi connectivity index (χ0n) is 9.81. The highest BCUT2D eigenvalue weighted by Gasteiger charge is 2.23. The fourth-order valence-corrected chi connectivity index (χ4v) is 1.87. The van der Waals surface area contributed by atoms with E-state index in [-0.39, 0.29) is 6.54 Å². The van der Waals surface area contributed by atoms with Gasteiger partial charge >= 0.3 is 0 Å². The SMILES string of the molecule is COCc1ccc(C(O)CN)c2c1OCCO2. The quantitative estimate of drug-likeness (QED) is 0.804. The molecule has 3 N–H and O–H groups in total. The lowest BCUT2D eigenvalue weighted by Crippen LogP contribution is -2.20. The highest BCUT2D eigenvalue weighted by Crippen LogP contribution is 2.40. The first-order valence-electron chi connectivity index (χ1n) is 5.56. The summed E-state index contributed by atoms with van der Waals surface area (Å²) in [4.78, 5) is 0. The molecule has 1 heterocycles. The molecule has 2 rings (SSSR count). The number of fused-ring (bicyclic) bond motifs is 1. The first kappa shape index (κ1) is 12.2. The minimum absolute atomic E-state index is 0.152. The third-order valence-corrected chi connectivity index (χ3v) is 2.68. The maximum Gasteiger partial charge on any atom is 0.167 e. The van der Waals surface area contributed by atoms with Gasteiger partial charge in [-0.3, -0.25) is 0 Å². The molecule has 1 aliphatic rings. The molecule has 1 atom stereocenters. The van der Waals surface area contributed by atoms with Crippen LogP contribution in [-0.4, -0.2) is 32.0 Å². The van der Waals surface area contributed by atoms with Crippen LogP contribution in [0.5, 0.6) is 11.5 Å². The fourth-order valence-electron chi connectivity index (χ4n) is 1.87. The number of benzene rings is 1. The van der Waals surface area contributed by atoms with Gasteiger partial charge in [0, 0.05) is 24.8 Å². The highest BCUT2D eigenvalue weighted by atomic mass is 16.6. The van der Waals surface area contributed by atoms with Gasteiger partial charge in [0.1, 0.15) is 13.2 Å². The molecule has 0 bridgehead atoms. The molecule has 94 valence electrons. The Morgan fingerprint density at radius 1 is 1.35 bits per heavy atom. The van der Waals surface area contributed by atoms with E-state index >= 15 is 0 Å². The van der Waals surface area contributed by atoms with E-state index in [0.29, 0.717) is 36.9 Å². The van der Waals surface area contributed by atoms with Crippen LogP contribution in [0.3, 0.4) is 0 Å². The molecule has 0 spiro atoms. The molecule has 1 aromatic rings. The van der Waals surface area contributed by atoms with Crippen molar-refractivity contribution in [2.24, 2.45) is 5.73 Å². The smallest absolute Gasteiger partial charge is 0.167 e. The summed E-state index contributed by atoms with van der Waals surface area (Å²) in [6.45, 7) is 1.59. The van der Waals surface area contributed by atoms with Crippen LogP contribution in [0.1, 0.15) is 17.2 Å². The second-order valence-corrected chi connectivity index (χ2v) is 3.85. The van der Waals surface area contributed by atoms with Gasteiger partial charge in [0.15, 0.2) is 11.5 Å². The summed E-state index contributed by atoms with van der Waals surface area (Å²) in [5, 5.41) is 9.81. The minimum atomic E-state index is -0.734. The Balaban J connectivity index is 2.43. The van der Waals surface area contributed by atoms with E-state index in [1.807, 2.05) is 6.07 Å². The van der Waals surface area contributed by atoms with Gasteiger partial charge in [-0.05, 0) is 0 Å². The number of hydrogen-bond donors (Lipinski definition) is 2. The van der Waals surface area contributed by atoms with Crippen molar-refractivity contribution in [1.82, 2.24) is 0 Å². The average molecular weight is 239 g/mol. The maximum atomic E-state index is 9.81. The predicted octanol–water partition coefficient (Wildman–Crippen LogP) is 0.596. The average Bonchev–Trinajstić information content (AvgIpc) is 2.38. The van der Waals surface area contributed by atoms with Crippen LogP contribution in [0.15, 0.2) is 12.1 Å². The van der Waals surface area contributed by atoms with E-state index in [9.17, 15) is 5.11 Å². The Morgan fingerprint density at radius 3 is 2.71 bits per heavy atom. The van der Waals surface area contributed by atoms with Gasteiger partial charge in [0.05, 0.1) is 12.7 Å². The lowest BCUT2D eigenvalue weighted by molar-refractivity contribution is 0.140. The number of ether oxygens (including phenoxy) is 3. The Labute approximate surface area is 100 Å². The molecule has 0 amide bonds. The fraction of sp³-hybridized carbons (Fsp3) is 0.500. The summed E-state index contributed by atoms with van der Waals surface area (Å²) in [6.07, 6.45) is -0.734. The third kappa shape index (κ3) is 2.36. The summed E-state index contributed by atoms with van der Waals surface area (Å²) < 4.78 is 16.3. The zero-order valence-corrected chi connectivity index (χ0v) is 9.81. The van der Waals surface area contributed by atoms with E-state index in [1.54, 1.807) is 13.2 Å². The van der Waals surface area contributed by atoms with E-state index in [0.717, 1.165) is 5.56 Å². The van der Waals surface area contributed by atoms with Crippen molar-refractivity contribution in [3.63, 3.8) is 0 Å². The predicted molar refractivity (Wildman–Crippen MR) is 62.2 cm³/mol. The van der Waals surface area contributed by atoms with Crippen molar-refractivity contribution in [1.29, 1.82) is 0 Å². The summed E-state index contributed by atoms with van der Waals surface area (Å²) in [6, 6.07) is 3.67. The second-order valence-electron chi connectivity index (χ2n) is 3.85. The standard InChI is InChI=1S/C12H17NO4/c1-15-7-8-2-3-9(10(14)6-13)12-11(8)16-4-5-17-12/h2-3,10,14H,4-7,13H2,1H3. The van der Waals surface area contributed by atoms with E-state index in [4.69, 9.17) is 19.9 Å². The molecule has 1 aromatic carbocycles. The number of methoxy groups -OCH3 is 1. The van der Waals surface area contributed by atoms with E-state index < -0.39 is 6.10 Å². The van der Waals surface area contributed by atoms with Crippen LogP contribution in [-0.2, 0) is 11.3 Å². The molecule has 0 fully saturated rings. The second kappa shape index (κ2) is 5.35. The highest BCUT2D eigenvalue weighted by molar-refractivity contribution is 5.53. The van der Waals surface area contributed by atoms with Crippen LogP contribution in [0.25, 0.3) is 0 Å². The number of aliphatic hydroxyl groups is 1. The summed E-state index contributed by atoms with van der Waals surface area (Å²) >= 11 is 0. The topological polar surface area (TPSA) is 73.9 Å². The molecule has 0 radical (unpaired) electrons. The van der Waals surface area contributed by atoms with Crippen LogP contribution in [0, 0.1) is 0 Å². The van der Waals surface area contributed by atoms with Gasteiger partial charge in [0.2, 0.25) is 0 Å². The first-order chi connectivity index (χ1) is 8.27. The van der Waals surface area contributed by atoms with Gasteiger partial charge in [-0.2, -0.15) is 0 Å². The molecule has 0 aliphatic carbocycles. The lowest BCUT2D eigenvalue weighted by atomic mass is 10.0. The molecule has 17 heavy (non-hydrogen) atoms. The molecule has 5 heteroatoms. The Bertz CT molecular complexity index is 394. The third-order valence-electron chi connectivity index (χ3n) is 2.68. The molecule has 0 saturated heterocycles. The lowest BCUT2D eigenvalue weighted by Gasteiger charge is -2.24. The zero-order chi connectivity index (χ0) is 12.3. The normalized spacial score (nSPS) is 15.7. The van der Waals surface area contributed by atoms with Crippen molar-refractivity contribution in [3.8, 4) is 11.5 Å². The van der Waals surface area contributed by atoms with Gasteiger partial charge in [0.25, 0.3) is 0 Å². The Morgan fingerprint density at radius 2 is 2.06 bits per heavy atom. The van der Waals surface area contributed by atoms with Crippen LogP contribution < -0.4 is 15.2 Å². The summed E-state index contributed by atoms with van der Waals surface area (Å²) in [5.41, 5.74) is 7.04. The monoisotopic (exact) mass is 239 g/mol. The van der Waals surface area contributed by atoms with Crippen LogP contribution >= 0.6 is 0 Å². The maximum absolute atomic E-state index is 9.81. The number of rotatable bonds is 4.